The van der Waals surface area contributed by atoms with Crippen molar-refractivity contribution in [2.24, 2.45) is 0 Å². The lowest BCUT2D eigenvalue weighted by Gasteiger charge is -2.34. The van der Waals surface area contributed by atoms with E-state index >= 15 is 0 Å². The van der Waals surface area contributed by atoms with Gasteiger partial charge in [0.05, 0.1) is 6.54 Å². The number of likely N-dealkylation sites (N-methyl/N-ethyl adjacent to an activating group) is 2. The molecule has 0 radical (unpaired) electrons. The number of hydrogen-bond donors (Lipinski definition) is 2. The van der Waals surface area contributed by atoms with Gasteiger partial charge in [0, 0.05) is 19.1 Å². The molecule has 1 amide bonds. The van der Waals surface area contributed by atoms with Crippen LogP contribution < -0.4 is 10.6 Å². The lowest BCUT2D eigenvalue weighted by molar-refractivity contribution is -0.122. The molecule has 94 valence electrons. The van der Waals surface area contributed by atoms with Gasteiger partial charge in [0.25, 0.3) is 0 Å². The number of carbonyl (C=O) groups is 1. The third-order valence-corrected chi connectivity index (χ3v) is 3.48. The van der Waals surface area contributed by atoms with E-state index in [1.54, 1.807) is 7.05 Å². The third-order valence-electron chi connectivity index (χ3n) is 3.48. The molecule has 1 aliphatic rings. The Labute approximate surface area is 98.8 Å². The van der Waals surface area contributed by atoms with Crippen LogP contribution in [-0.2, 0) is 4.79 Å². The molecule has 1 rings (SSSR count). The molecule has 0 heterocycles. The standard InChI is InChI=1S/C12H25N3O/c1-4-14-10-5-7-11(8-6-10)15(3)9-12(16)13-2/h10-11,14H,4-9H2,1-3H3,(H,13,16). The van der Waals surface area contributed by atoms with Crippen LogP contribution in [0.5, 0.6) is 0 Å². The summed E-state index contributed by atoms with van der Waals surface area (Å²) >= 11 is 0. The normalized spacial score (nSPS) is 25.8. The van der Waals surface area contributed by atoms with E-state index in [4.69, 9.17) is 0 Å². The summed E-state index contributed by atoms with van der Waals surface area (Å²) in [5, 5.41) is 6.17. The summed E-state index contributed by atoms with van der Waals surface area (Å²) in [7, 11) is 3.74. The highest BCUT2D eigenvalue weighted by atomic mass is 16.1. The zero-order chi connectivity index (χ0) is 12.0. The maximum atomic E-state index is 11.3. The number of amides is 1. The van der Waals surface area contributed by atoms with Gasteiger partial charge in [-0.25, -0.2) is 0 Å². The van der Waals surface area contributed by atoms with Crippen molar-refractivity contribution in [1.82, 2.24) is 15.5 Å². The van der Waals surface area contributed by atoms with Crippen LogP contribution in [0.4, 0.5) is 0 Å². The molecule has 0 bridgehead atoms. The van der Waals surface area contributed by atoms with Gasteiger partial charge in [-0.2, -0.15) is 0 Å². The molecular weight excluding hydrogens is 202 g/mol. The van der Waals surface area contributed by atoms with E-state index in [0.29, 0.717) is 18.6 Å². The number of hydrogen-bond acceptors (Lipinski definition) is 3. The topological polar surface area (TPSA) is 44.4 Å². The SMILES string of the molecule is CCNC1CCC(N(C)CC(=O)NC)CC1. The first-order valence-corrected chi connectivity index (χ1v) is 6.31. The minimum absolute atomic E-state index is 0.108. The minimum Gasteiger partial charge on any atom is -0.358 e. The van der Waals surface area contributed by atoms with E-state index in [-0.39, 0.29) is 5.91 Å². The second-order valence-corrected chi connectivity index (χ2v) is 4.65. The van der Waals surface area contributed by atoms with Gasteiger partial charge in [0.1, 0.15) is 0 Å². The third kappa shape index (κ3) is 4.10. The van der Waals surface area contributed by atoms with Crippen molar-refractivity contribution in [3.05, 3.63) is 0 Å². The number of rotatable bonds is 5. The van der Waals surface area contributed by atoms with E-state index < -0.39 is 0 Å². The lowest BCUT2D eigenvalue weighted by Crippen LogP contribution is -2.44. The zero-order valence-electron chi connectivity index (χ0n) is 10.8. The fourth-order valence-electron chi connectivity index (χ4n) is 2.44. The largest absolute Gasteiger partial charge is 0.358 e. The fourth-order valence-corrected chi connectivity index (χ4v) is 2.44. The van der Waals surface area contributed by atoms with Crippen molar-refractivity contribution >= 4 is 5.91 Å². The van der Waals surface area contributed by atoms with E-state index in [1.807, 2.05) is 7.05 Å². The quantitative estimate of drug-likeness (QED) is 0.722. The summed E-state index contributed by atoms with van der Waals surface area (Å²) in [4.78, 5) is 13.4. The predicted octanol–water partition coefficient (Wildman–Crippen LogP) is 0.585. The van der Waals surface area contributed by atoms with Crippen LogP contribution >= 0.6 is 0 Å². The average molecular weight is 227 g/mol. The smallest absolute Gasteiger partial charge is 0.233 e. The molecular formula is C12H25N3O. The fraction of sp³-hybridized carbons (Fsp3) is 0.917. The summed E-state index contributed by atoms with van der Waals surface area (Å²) in [6.45, 7) is 3.74. The van der Waals surface area contributed by atoms with Crippen LogP contribution in [0, 0.1) is 0 Å². The van der Waals surface area contributed by atoms with Crippen LogP contribution in [-0.4, -0.2) is 50.1 Å². The van der Waals surface area contributed by atoms with Gasteiger partial charge < -0.3 is 10.6 Å². The molecule has 0 atom stereocenters. The molecule has 0 aromatic rings. The minimum atomic E-state index is 0.108. The van der Waals surface area contributed by atoms with E-state index in [9.17, 15) is 4.79 Å². The maximum Gasteiger partial charge on any atom is 0.233 e. The molecule has 2 N–H and O–H groups in total. The van der Waals surface area contributed by atoms with E-state index in [2.05, 4.69) is 22.5 Å². The molecule has 16 heavy (non-hydrogen) atoms. The Balaban J connectivity index is 2.27. The van der Waals surface area contributed by atoms with Crippen molar-refractivity contribution in [1.29, 1.82) is 0 Å². The van der Waals surface area contributed by atoms with Crippen molar-refractivity contribution in [2.45, 2.75) is 44.7 Å². The summed E-state index contributed by atoms with van der Waals surface area (Å²) in [6.07, 6.45) is 4.86. The Morgan fingerprint density at radius 2 is 1.94 bits per heavy atom. The molecule has 0 unspecified atom stereocenters. The summed E-state index contributed by atoms with van der Waals surface area (Å²) in [5.74, 6) is 0.108. The summed E-state index contributed by atoms with van der Waals surface area (Å²) < 4.78 is 0. The Morgan fingerprint density at radius 3 is 2.44 bits per heavy atom. The molecule has 0 aliphatic heterocycles. The zero-order valence-corrected chi connectivity index (χ0v) is 10.8. The van der Waals surface area contributed by atoms with Crippen molar-refractivity contribution < 1.29 is 4.79 Å². The number of nitrogens with zero attached hydrogens (tertiary/aromatic N) is 1. The predicted molar refractivity (Wildman–Crippen MR) is 66.4 cm³/mol. The van der Waals surface area contributed by atoms with Crippen molar-refractivity contribution in [3.63, 3.8) is 0 Å². The van der Waals surface area contributed by atoms with Crippen LogP contribution in [0.2, 0.25) is 0 Å². The first-order chi connectivity index (χ1) is 7.67. The van der Waals surface area contributed by atoms with Gasteiger partial charge in [-0.1, -0.05) is 6.92 Å². The molecule has 1 fully saturated rings. The first kappa shape index (κ1) is 13.5. The maximum absolute atomic E-state index is 11.3. The highest BCUT2D eigenvalue weighted by molar-refractivity contribution is 5.77. The van der Waals surface area contributed by atoms with Gasteiger partial charge >= 0.3 is 0 Å². The highest BCUT2D eigenvalue weighted by Crippen LogP contribution is 2.22. The summed E-state index contributed by atoms with van der Waals surface area (Å²) in [5.41, 5.74) is 0. The highest BCUT2D eigenvalue weighted by Gasteiger charge is 2.24. The number of nitrogens with one attached hydrogen (secondary N) is 2. The van der Waals surface area contributed by atoms with Gasteiger partial charge in [0.15, 0.2) is 0 Å². The monoisotopic (exact) mass is 227 g/mol. The van der Waals surface area contributed by atoms with Gasteiger partial charge in [0.2, 0.25) is 5.91 Å². The molecule has 4 heteroatoms. The van der Waals surface area contributed by atoms with Crippen LogP contribution in [0.25, 0.3) is 0 Å². The second kappa shape index (κ2) is 6.86. The van der Waals surface area contributed by atoms with Gasteiger partial charge in [-0.3, -0.25) is 9.69 Å². The molecule has 4 nitrogen and oxygen atoms in total. The summed E-state index contributed by atoms with van der Waals surface area (Å²) in [6, 6.07) is 1.27. The van der Waals surface area contributed by atoms with Crippen molar-refractivity contribution in [3.8, 4) is 0 Å². The molecule has 1 saturated carbocycles. The van der Waals surface area contributed by atoms with Crippen LogP contribution in [0.1, 0.15) is 32.6 Å². The molecule has 1 aliphatic carbocycles. The first-order valence-electron chi connectivity index (χ1n) is 6.31. The average Bonchev–Trinajstić information content (AvgIpc) is 2.30. The molecule has 0 saturated heterocycles. The number of carbonyl (C=O) groups excluding carboxylic acids is 1. The van der Waals surface area contributed by atoms with Gasteiger partial charge in [-0.15, -0.1) is 0 Å². The second-order valence-electron chi connectivity index (χ2n) is 4.65. The Bertz CT molecular complexity index is 212. The Kier molecular flexibility index (Phi) is 5.77. The molecule has 0 aromatic heterocycles. The lowest BCUT2D eigenvalue weighted by atomic mass is 9.90. The van der Waals surface area contributed by atoms with E-state index in [0.717, 1.165) is 6.54 Å². The van der Waals surface area contributed by atoms with Crippen LogP contribution in [0.3, 0.4) is 0 Å². The molecule has 0 spiro atoms. The Hall–Kier alpha value is -0.610. The van der Waals surface area contributed by atoms with Crippen molar-refractivity contribution in [2.75, 3.05) is 27.2 Å². The van der Waals surface area contributed by atoms with Gasteiger partial charge in [-0.05, 0) is 39.3 Å². The molecule has 0 aromatic carbocycles. The Morgan fingerprint density at radius 1 is 1.31 bits per heavy atom. The van der Waals surface area contributed by atoms with Crippen LogP contribution in [0.15, 0.2) is 0 Å². The van der Waals surface area contributed by atoms with E-state index in [1.165, 1.54) is 25.7 Å².